The molecule has 0 saturated heterocycles. The Morgan fingerprint density at radius 3 is 2.41 bits per heavy atom. The summed E-state index contributed by atoms with van der Waals surface area (Å²) in [4.78, 5) is 18.0. The van der Waals surface area contributed by atoms with Crippen molar-refractivity contribution in [1.82, 2.24) is 15.5 Å². The van der Waals surface area contributed by atoms with Gasteiger partial charge in [-0.25, -0.2) is 4.79 Å². The number of carbonyl (C=O) groups excluding carboxylic acids is 1. The molecule has 0 spiro atoms. The van der Waals surface area contributed by atoms with Gasteiger partial charge < -0.3 is 25.0 Å². The Morgan fingerprint density at radius 1 is 1.23 bits per heavy atom. The summed E-state index contributed by atoms with van der Waals surface area (Å²) in [7, 11) is 1.65. The Kier molecular flexibility index (Phi) is 10.4. The topological polar surface area (TPSA) is 75.2 Å². The maximum absolute atomic E-state index is 12.0. The zero-order valence-corrected chi connectivity index (χ0v) is 14.9. The number of carbonyl (C=O) groups is 1. The van der Waals surface area contributed by atoms with E-state index < -0.39 is 5.60 Å². The molecule has 22 heavy (non-hydrogen) atoms. The van der Waals surface area contributed by atoms with Crippen molar-refractivity contribution >= 4 is 12.1 Å². The zero-order valence-electron chi connectivity index (χ0n) is 14.9. The number of rotatable bonds is 8. The Bertz CT molecular complexity index is 340. The number of hydrogen-bond donors (Lipinski definition) is 2. The van der Waals surface area contributed by atoms with Gasteiger partial charge in [0.1, 0.15) is 5.60 Å². The predicted molar refractivity (Wildman–Crippen MR) is 89.3 cm³/mol. The van der Waals surface area contributed by atoms with Crippen LogP contribution in [0.5, 0.6) is 0 Å². The van der Waals surface area contributed by atoms with E-state index in [2.05, 4.69) is 15.6 Å². The lowest BCUT2D eigenvalue weighted by atomic mass is 10.2. The molecule has 0 aliphatic heterocycles. The van der Waals surface area contributed by atoms with E-state index in [1.54, 1.807) is 12.0 Å². The molecule has 0 bridgehead atoms. The van der Waals surface area contributed by atoms with Gasteiger partial charge in [-0.1, -0.05) is 0 Å². The van der Waals surface area contributed by atoms with Crippen LogP contribution in [0.2, 0.25) is 0 Å². The third-order valence-electron chi connectivity index (χ3n) is 2.62. The van der Waals surface area contributed by atoms with Crippen molar-refractivity contribution in [2.24, 2.45) is 4.99 Å². The summed E-state index contributed by atoms with van der Waals surface area (Å²) in [6, 6.07) is 0. The van der Waals surface area contributed by atoms with E-state index >= 15 is 0 Å². The molecule has 7 heteroatoms. The van der Waals surface area contributed by atoms with Gasteiger partial charge in [0.2, 0.25) is 0 Å². The van der Waals surface area contributed by atoms with Crippen molar-refractivity contribution in [2.45, 2.75) is 40.2 Å². The molecule has 0 aromatic heterocycles. The molecule has 0 unspecified atom stereocenters. The predicted octanol–water partition coefficient (Wildman–Crippen LogP) is 1.44. The summed E-state index contributed by atoms with van der Waals surface area (Å²) in [5.41, 5.74) is -0.478. The fraction of sp³-hybridized carbons (Fsp3) is 0.867. The SMILES string of the molecule is CCNC(=NCCOC)NCCN(CC)C(=O)OC(C)(C)C. The number of amides is 1. The Morgan fingerprint density at radius 2 is 1.91 bits per heavy atom. The second-order valence-electron chi connectivity index (χ2n) is 5.74. The Hall–Kier alpha value is -1.50. The molecule has 1 amide bonds. The number of methoxy groups -OCH3 is 1. The minimum Gasteiger partial charge on any atom is -0.444 e. The lowest BCUT2D eigenvalue weighted by molar-refractivity contribution is 0.0264. The zero-order chi connectivity index (χ0) is 17.0. The number of hydrogen-bond acceptors (Lipinski definition) is 4. The first kappa shape index (κ1) is 20.5. The van der Waals surface area contributed by atoms with E-state index in [4.69, 9.17) is 9.47 Å². The highest BCUT2D eigenvalue weighted by molar-refractivity contribution is 5.79. The largest absolute Gasteiger partial charge is 0.444 e. The minimum absolute atomic E-state index is 0.293. The van der Waals surface area contributed by atoms with Crippen LogP contribution in [-0.4, -0.2) is 69.0 Å². The van der Waals surface area contributed by atoms with E-state index in [0.717, 1.165) is 12.5 Å². The van der Waals surface area contributed by atoms with E-state index in [1.165, 1.54) is 0 Å². The summed E-state index contributed by atoms with van der Waals surface area (Å²) in [5, 5.41) is 6.35. The second kappa shape index (κ2) is 11.1. The van der Waals surface area contributed by atoms with Crippen LogP contribution in [-0.2, 0) is 9.47 Å². The average Bonchev–Trinajstić information content (AvgIpc) is 2.41. The first-order valence-corrected chi connectivity index (χ1v) is 7.83. The average molecular weight is 316 g/mol. The van der Waals surface area contributed by atoms with Gasteiger partial charge in [0.15, 0.2) is 5.96 Å². The Labute approximate surface area is 134 Å². The minimum atomic E-state index is -0.478. The maximum atomic E-state index is 12.0. The summed E-state index contributed by atoms with van der Waals surface area (Å²) < 4.78 is 10.3. The van der Waals surface area contributed by atoms with E-state index in [0.29, 0.717) is 32.8 Å². The molecule has 2 N–H and O–H groups in total. The third kappa shape index (κ3) is 10.3. The molecule has 0 aromatic rings. The molecule has 0 heterocycles. The van der Waals surface area contributed by atoms with Crippen molar-refractivity contribution in [3.05, 3.63) is 0 Å². The van der Waals surface area contributed by atoms with Gasteiger partial charge in [-0.05, 0) is 34.6 Å². The second-order valence-corrected chi connectivity index (χ2v) is 5.74. The number of nitrogens with zero attached hydrogens (tertiary/aromatic N) is 2. The lowest BCUT2D eigenvalue weighted by Gasteiger charge is -2.26. The Balaban J connectivity index is 4.30. The highest BCUT2D eigenvalue weighted by Gasteiger charge is 2.20. The number of aliphatic imine (C=N–C) groups is 1. The molecule has 0 aromatic carbocycles. The van der Waals surface area contributed by atoms with Gasteiger partial charge in [0.25, 0.3) is 0 Å². The van der Waals surface area contributed by atoms with Crippen molar-refractivity contribution < 1.29 is 14.3 Å². The van der Waals surface area contributed by atoms with Crippen LogP contribution in [0, 0.1) is 0 Å². The molecule has 0 saturated carbocycles. The lowest BCUT2D eigenvalue weighted by Crippen LogP contribution is -2.44. The standard InChI is InChI=1S/C15H32N4O3/c1-7-16-13(18-10-12-21-6)17-9-11-19(8-2)14(20)22-15(3,4)5/h7-12H2,1-6H3,(H2,16,17,18). The fourth-order valence-electron chi connectivity index (χ4n) is 1.60. The maximum Gasteiger partial charge on any atom is 0.410 e. The molecule has 7 nitrogen and oxygen atoms in total. The molecular formula is C15H32N4O3. The quantitative estimate of drug-likeness (QED) is 0.403. The van der Waals surface area contributed by atoms with Crippen LogP contribution in [0.25, 0.3) is 0 Å². The van der Waals surface area contributed by atoms with Crippen LogP contribution in [0.1, 0.15) is 34.6 Å². The van der Waals surface area contributed by atoms with Gasteiger partial charge >= 0.3 is 6.09 Å². The molecule has 130 valence electrons. The van der Waals surface area contributed by atoms with E-state index in [1.807, 2.05) is 34.6 Å². The van der Waals surface area contributed by atoms with Crippen LogP contribution >= 0.6 is 0 Å². The van der Waals surface area contributed by atoms with Crippen LogP contribution in [0.15, 0.2) is 4.99 Å². The van der Waals surface area contributed by atoms with Crippen molar-refractivity contribution in [1.29, 1.82) is 0 Å². The normalized spacial score (nSPS) is 12.0. The van der Waals surface area contributed by atoms with Gasteiger partial charge in [-0.3, -0.25) is 4.99 Å². The summed E-state index contributed by atoms with van der Waals surface area (Å²) in [6.07, 6.45) is -0.293. The van der Waals surface area contributed by atoms with Crippen molar-refractivity contribution in [3.63, 3.8) is 0 Å². The number of likely N-dealkylation sites (N-methyl/N-ethyl adjacent to an activating group) is 1. The number of ether oxygens (including phenoxy) is 2. The number of guanidine groups is 1. The monoisotopic (exact) mass is 316 g/mol. The molecule has 0 atom stereocenters. The first-order valence-electron chi connectivity index (χ1n) is 7.83. The van der Waals surface area contributed by atoms with E-state index in [9.17, 15) is 4.79 Å². The van der Waals surface area contributed by atoms with Gasteiger partial charge in [-0.2, -0.15) is 0 Å². The highest BCUT2D eigenvalue weighted by Crippen LogP contribution is 2.09. The molecule has 0 fully saturated rings. The van der Waals surface area contributed by atoms with Gasteiger partial charge in [0, 0.05) is 33.3 Å². The smallest absolute Gasteiger partial charge is 0.410 e. The summed E-state index contributed by atoms with van der Waals surface area (Å²) in [6.45, 7) is 13.2. The number of nitrogens with one attached hydrogen (secondary N) is 2. The van der Waals surface area contributed by atoms with Crippen LogP contribution < -0.4 is 10.6 Å². The highest BCUT2D eigenvalue weighted by atomic mass is 16.6. The van der Waals surface area contributed by atoms with Crippen LogP contribution in [0.3, 0.4) is 0 Å². The molecule has 0 rings (SSSR count). The summed E-state index contributed by atoms with van der Waals surface area (Å²) in [5.74, 6) is 0.722. The van der Waals surface area contributed by atoms with Crippen molar-refractivity contribution in [3.8, 4) is 0 Å². The first-order chi connectivity index (χ1) is 10.3. The van der Waals surface area contributed by atoms with Crippen LogP contribution in [0.4, 0.5) is 4.79 Å². The summed E-state index contributed by atoms with van der Waals surface area (Å²) >= 11 is 0. The molecular weight excluding hydrogens is 284 g/mol. The van der Waals surface area contributed by atoms with E-state index in [-0.39, 0.29) is 6.09 Å². The van der Waals surface area contributed by atoms with Crippen molar-refractivity contribution in [2.75, 3.05) is 46.4 Å². The van der Waals surface area contributed by atoms with Gasteiger partial charge in [-0.15, -0.1) is 0 Å². The molecule has 0 aliphatic carbocycles. The van der Waals surface area contributed by atoms with Gasteiger partial charge in [0.05, 0.1) is 13.2 Å². The molecule has 0 aliphatic rings. The third-order valence-corrected chi connectivity index (χ3v) is 2.62. The fourth-order valence-corrected chi connectivity index (χ4v) is 1.60. The molecule has 0 radical (unpaired) electrons.